The molecule has 1 aromatic heterocycles. The van der Waals surface area contributed by atoms with Crippen LogP contribution in [0.5, 0.6) is 0 Å². The van der Waals surface area contributed by atoms with Crippen LogP contribution in [0, 0.1) is 5.82 Å². The summed E-state index contributed by atoms with van der Waals surface area (Å²) in [6.07, 6.45) is 0.748. The number of sulfonamides is 1. The molecule has 0 radical (unpaired) electrons. The molecule has 4 rings (SSSR count). The van der Waals surface area contributed by atoms with Crippen molar-refractivity contribution in [1.82, 2.24) is 15.3 Å². The first-order chi connectivity index (χ1) is 17.5. The number of anilines is 2. The normalized spacial score (nSPS) is 18.6. The maximum absolute atomic E-state index is 15.0. The maximum Gasteiger partial charge on any atom is 0.416 e. The van der Waals surface area contributed by atoms with Gasteiger partial charge in [0.15, 0.2) is 0 Å². The van der Waals surface area contributed by atoms with E-state index in [1.54, 1.807) is 12.1 Å². The summed E-state index contributed by atoms with van der Waals surface area (Å²) in [6, 6.07) is 10.6. The Morgan fingerprint density at radius 3 is 2.62 bits per heavy atom. The zero-order chi connectivity index (χ0) is 26.7. The molecule has 0 unspecified atom stereocenters. The number of hydrogen-bond donors (Lipinski definition) is 2. The van der Waals surface area contributed by atoms with E-state index < -0.39 is 38.0 Å². The highest BCUT2D eigenvalue weighted by atomic mass is 32.2. The van der Waals surface area contributed by atoms with E-state index in [0.717, 1.165) is 18.9 Å². The Hall–Kier alpha value is -3.25. The van der Waals surface area contributed by atoms with Crippen molar-refractivity contribution in [2.75, 3.05) is 29.8 Å². The van der Waals surface area contributed by atoms with Crippen LogP contribution in [0.3, 0.4) is 0 Å². The molecule has 12 heteroatoms. The van der Waals surface area contributed by atoms with Crippen LogP contribution in [0.2, 0.25) is 0 Å². The van der Waals surface area contributed by atoms with Crippen molar-refractivity contribution < 1.29 is 26.0 Å². The van der Waals surface area contributed by atoms with E-state index in [2.05, 4.69) is 20.0 Å². The van der Waals surface area contributed by atoms with Crippen molar-refractivity contribution in [3.8, 4) is 0 Å². The van der Waals surface area contributed by atoms with Crippen LogP contribution in [-0.4, -0.2) is 44.1 Å². The third-order valence-electron chi connectivity index (χ3n) is 6.64. The molecule has 198 valence electrons. The minimum atomic E-state index is -4.40. The molecule has 1 aliphatic heterocycles. The van der Waals surface area contributed by atoms with Crippen molar-refractivity contribution in [3.63, 3.8) is 0 Å². The minimum Gasteiger partial charge on any atom is -0.370 e. The largest absolute Gasteiger partial charge is 0.416 e. The molecular weight excluding hydrogens is 510 g/mol. The molecule has 0 spiro atoms. The molecule has 1 aliphatic rings. The van der Waals surface area contributed by atoms with Gasteiger partial charge in [0.2, 0.25) is 0 Å². The summed E-state index contributed by atoms with van der Waals surface area (Å²) in [4.78, 5) is 8.97. The number of benzene rings is 2. The average Bonchev–Trinajstić information content (AvgIpc) is 2.87. The first-order valence-electron chi connectivity index (χ1n) is 11.7. The number of alkyl halides is 3. The van der Waals surface area contributed by atoms with E-state index in [-0.39, 0.29) is 5.82 Å². The molecule has 0 bridgehead atoms. The molecule has 1 atom stereocenters. The van der Waals surface area contributed by atoms with Crippen molar-refractivity contribution in [2.24, 2.45) is 0 Å². The topological polar surface area (TPSA) is 87.2 Å². The third-order valence-corrected chi connectivity index (χ3v) is 8.03. The summed E-state index contributed by atoms with van der Waals surface area (Å²) in [5.41, 5.74) is 0.0474. The summed E-state index contributed by atoms with van der Waals surface area (Å²) >= 11 is 0. The maximum atomic E-state index is 15.0. The van der Waals surface area contributed by atoms with Crippen LogP contribution in [0.1, 0.15) is 30.4 Å². The fourth-order valence-corrected chi connectivity index (χ4v) is 5.69. The van der Waals surface area contributed by atoms with Gasteiger partial charge in [-0.05, 0) is 68.6 Å². The predicted molar refractivity (Wildman–Crippen MR) is 132 cm³/mol. The fourth-order valence-electron chi connectivity index (χ4n) is 4.62. The number of nitrogens with zero attached hydrogens (tertiary/aromatic N) is 3. The minimum absolute atomic E-state index is 0.0223. The predicted octanol–water partition coefficient (Wildman–Crippen LogP) is 4.63. The van der Waals surface area contributed by atoms with Crippen molar-refractivity contribution in [1.29, 1.82) is 0 Å². The lowest BCUT2D eigenvalue weighted by molar-refractivity contribution is -0.137. The molecule has 1 fully saturated rings. The Balaban J connectivity index is 1.48. The monoisotopic (exact) mass is 537 g/mol. The molecule has 0 amide bonds. The van der Waals surface area contributed by atoms with Crippen LogP contribution in [0.4, 0.5) is 29.1 Å². The smallest absolute Gasteiger partial charge is 0.370 e. The highest BCUT2D eigenvalue weighted by molar-refractivity contribution is 7.92. The number of likely N-dealkylation sites (N-methyl/N-ethyl adjacent to an activating group) is 1. The van der Waals surface area contributed by atoms with E-state index in [0.29, 0.717) is 37.2 Å². The second-order valence-corrected chi connectivity index (χ2v) is 10.7. The highest BCUT2D eigenvalue weighted by Crippen LogP contribution is 2.33. The Kier molecular flexibility index (Phi) is 7.69. The lowest BCUT2D eigenvalue weighted by atomic mass is 9.83. The quantitative estimate of drug-likeness (QED) is 0.408. The van der Waals surface area contributed by atoms with Crippen molar-refractivity contribution in [2.45, 2.75) is 42.3 Å². The number of hydrogen-bond acceptors (Lipinski definition) is 6. The van der Waals surface area contributed by atoms with Gasteiger partial charge in [0, 0.05) is 30.5 Å². The van der Waals surface area contributed by atoms with Gasteiger partial charge in [0.1, 0.15) is 22.9 Å². The van der Waals surface area contributed by atoms with Gasteiger partial charge in [-0.15, -0.1) is 0 Å². The number of aromatic nitrogens is 2. The van der Waals surface area contributed by atoms with Gasteiger partial charge in [-0.25, -0.2) is 22.8 Å². The van der Waals surface area contributed by atoms with Crippen LogP contribution >= 0.6 is 0 Å². The number of aryl methyl sites for hydroxylation is 1. The number of piperidine rings is 1. The number of nitrogens with one attached hydrogen (secondary N) is 2. The van der Waals surface area contributed by atoms with Gasteiger partial charge >= 0.3 is 6.18 Å². The van der Waals surface area contributed by atoms with E-state index in [4.69, 9.17) is 0 Å². The molecule has 7 nitrogen and oxygen atoms in total. The number of halogens is 4. The number of rotatable bonds is 8. The first-order valence-corrected chi connectivity index (χ1v) is 13.2. The summed E-state index contributed by atoms with van der Waals surface area (Å²) in [5, 5.41) is 3.33. The Morgan fingerprint density at radius 2 is 1.95 bits per heavy atom. The van der Waals surface area contributed by atoms with Crippen LogP contribution in [0.15, 0.2) is 66.0 Å². The highest BCUT2D eigenvalue weighted by Gasteiger charge is 2.35. The van der Waals surface area contributed by atoms with E-state index >= 15 is 0 Å². The summed E-state index contributed by atoms with van der Waals surface area (Å²) in [5.74, 6) is -0.877. The SMILES string of the molecule is CN[C@@]1(CCc2cccc(C(F)(F)F)c2)CCCN(c2ccc(S(=O)(=O)Nc3ccncn3)c(F)c2)C1. The third kappa shape index (κ3) is 6.37. The second kappa shape index (κ2) is 10.6. The zero-order valence-corrected chi connectivity index (χ0v) is 20.9. The molecule has 2 N–H and O–H groups in total. The van der Waals surface area contributed by atoms with Gasteiger partial charge in [-0.3, -0.25) is 4.72 Å². The molecule has 1 saturated heterocycles. The molecule has 0 saturated carbocycles. The lowest BCUT2D eigenvalue weighted by Gasteiger charge is -2.44. The molecule has 2 heterocycles. The van der Waals surface area contributed by atoms with Gasteiger partial charge in [-0.1, -0.05) is 18.2 Å². The first kappa shape index (κ1) is 26.8. The van der Waals surface area contributed by atoms with Crippen LogP contribution in [0.25, 0.3) is 0 Å². The summed E-state index contributed by atoms with van der Waals surface area (Å²) in [6.45, 7) is 1.13. The van der Waals surface area contributed by atoms with E-state index in [9.17, 15) is 26.0 Å². The molecule has 0 aliphatic carbocycles. The van der Waals surface area contributed by atoms with Crippen LogP contribution < -0.4 is 14.9 Å². The standard InChI is InChI=1S/C25H27F4N5O2S/c1-30-24(11-8-18-4-2-5-19(14-18)25(27,28)29)10-3-13-34(16-24)20-6-7-22(21(26)15-20)37(35,36)33-23-9-12-31-17-32-23/h2,4-7,9,12,14-15,17,30H,3,8,10-11,13,16H2,1H3,(H,31,32,33)/t24-/m1/s1. The van der Waals surface area contributed by atoms with Crippen molar-refractivity contribution >= 4 is 21.5 Å². The summed E-state index contributed by atoms with van der Waals surface area (Å²) < 4.78 is 81.8. The van der Waals surface area contributed by atoms with E-state index in [1.165, 1.54) is 42.9 Å². The second-order valence-electron chi connectivity index (χ2n) is 9.07. The van der Waals surface area contributed by atoms with Gasteiger partial charge < -0.3 is 10.2 Å². The fraction of sp³-hybridized carbons (Fsp3) is 0.360. The zero-order valence-electron chi connectivity index (χ0n) is 20.1. The van der Waals surface area contributed by atoms with Gasteiger partial charge in [0.25, 0.3) is 10.0 Å². The average molecular weight is 538 g/mol. The summed E-state index contributed by atoms with van der Waals surface area (Å²) in [7, 11) is -2.39. The molecule has 37 heavy (non-hydrogen) atoms. The Morgan fingerprint density at radius 1 is 1.14 bits per heavy atom. The van der Waals surface area contributed by atoms with Gasteiger partial charge in [0.05, 0.1) is 5.56 Å². The molecular formula is C25H27F4N5O2S. The molecule has 3 aromatic rings. The van der Waals surface area contributed by atoms with Crippen LogP contribution in [-0.2, 0) is 22.6 Å². The lowest BCUT2D eigenvalue weighted by Crippen LogP contribution is -2.56. The van der Waals surface area contributed by atoms with E-state index in [1.807, 2.05) is 11.9 Å². The Labute approximate surface area is 213 Å². The molecule has 2 aromatic carbocycles. The Bertz CT molecular complexity index is 1340. The van der Waals surface area contributed by atoms with Crippen molar-refractivity contribution in [3.05, 3.63) is 78.0 Å². The van der Waals surface area contributed by atoms with Gasteiger partial charge in [-0.2, -0.15) is 13.2 Å².